The van der Waals surface area contributed by atoms with Crippen molar-refractivity contribution in [2.45, 2.75) is 44.9 Å². The van der Waals surface area contributed by atoms with Crippen LogP contribution in [0.3, 0.4) is 0 Å². The van der Waals surface area contributed by atoms with E-state index in [1.165, 1.54) is 12.1 Å². The van der Waals surface area contributed by atoms with Crippen LogP contribution >= 0.6 is 0 Å². The number of hydrogen-bond acceptors (Lipinski definition) is 5. The Hall–Kier alpha value is -2.67. The molecule has 2 aromatic carbocycles. The van der Waals surface area contributed by atoms with Crippen LogP contribution in [-0.2, 0) is 10.0 Å². The van der Waals surface area contributed by atoms with Crippen LogP contribution in [0.5, 0.6) is 0 Å². The first-order valence-corrected chi connectivity index (χ1v) is 10.3. The zero-order chi connectivity index (χ0) is 19.9. The highest BCUT2D eigenvalue weighted by atomic mass is 32.2. The third-order valence-electron chi connectivity index (χ3n) is 4.10. The summed E-state index contributed by atoms with van der Waals surface area (Å²) in [4.78, 5) is 2.39. The summed E-state index contributed by atoms with van der Waals surface area (Å²) in [6.07, 6.45) is 2.20. The Morgan fingerprint density at radius 3 is 2.07 bits per heavy atom. The second kappa shape index (κ2) is 9.32. The molecule has 0 amide bonds. The topological polar surface area (TPSA) is 91.1 Å². The standard InChI is InChI=1S/C20H25N3O3S/c1-4-5-6-19(22-24)20(17-11-7-15(2)8-12-17)21-23-27(25,26)18-13-9-16(3)10-14-18/h7-14,23-24H,4-6H2,1-3H3. The zero-order valence-electron chi connectivity index (χ0n) is 15.8. The fourth-order valence-electron chi connectivity index (χ4n) is 2.44. The maximum absolute atomic E-state index is 12.5. The Balaban J connectivity index is 2.39. The van der Waals surface area contributed by atoms with Gasteiger partial charge in [-0.1, -0.05) is 66.0 Å². The van der Waals surface area contributed by atoms with Gasteiger partial charge in [0.25, 0.3) is 10.0 Å². The van der Waals surface area contributed by atoms with Crippen LogP contribution in [-0.4, -0.2) is 25.0 Å². The fraction of sp³-hybridized carbons (Fsp3) is 0.300. The van der Waals surface area contributed by atoms with Crippen LogP contribution in [0.2, 0.25) is 0 Å². The Labute approximate surface area is 160 Å². The summed E-state index contributed by atoms with van der Waals surface area (Å²) in [7, 11) is -3.82. The van der Waals surface area contributed by atoms with Crippen LogP contribution in [0.25, 0.3) is 0 Å². The Bertz CT molecular complexity index is 916. The van der Waals surface area contributed by atoms with E-state index in [0.717, 1.165) is 24.0 Å². The zero-order valence-corrected chi connectivity index (χ0v) is 16.6. The molecule has 0 radical (unpaired) electrons. The summed E-state index contributed by atoms with van der Waals surface area (Å²) in [5, 5.41) is 16.9. The minimum atomic E-state index is -3.82. The van der Waals surface area contributed by atoms with Gasteiger partial charge in [0.05, 0.1) is 4.90 Å². The second-order valence-electron chi connectivity index (χ2n) is 6.38. The average Bonchev–Trinajstić information content (AvgIpc) is 2.65. The highest BCUT2D eigenvalue weighted by molar-refractivity contribution is 7.89. The molecule has 0 unspecified atom stereocenters. The molecule has 0 saturated heterocycles. The van der Waals surface area contributed by atoms with Gasteiger partial charge in [-0.25, -0.2) is 0 Å². The predicted molar refractivity (Wildman–Crippen MR) is 108 cm³/mol. The summed E-state index contributed by atoms with van der Waals surface area (Å²) in [6, 6.07) is 13.9. The molecule has 2 rings (SSSR count). The van der Waals surface area contributed by atoms with Crippen molar-refractivity contribution in [1.29, 1.82) is 0 Å². The van der Waals surface area contributed by atoms with Crippen molar-refractivity contribution in [2.24, 2.45) is 10.3 Å². The Kier molecular flexibility index (Phi) is 7.12. The quantitative estimate of drug-likeness (QED) is 0.407. The third-order valence-corrected chi connectivity index (χ3v) is 5.32. The van der Waals surface area contributed by atoms with E-state index in [2.05, 4.69) is 15.1 Å². The smallest absolute Gasteiger partial charge is 0.276 e. The molecule has 0 aliphatic carbocycles. The SMILES string of the molecule is CCCCC(=NO)C(=NNS(=O)(=O)c1ccc(C)cc1)c1ccc(C)cc1. The van der Waals surface area contributed by atoms with E-state index < -0.39 is 10.0 Å². The second-order valence-corrected chi connectivity index (χ2v) is 8.05. The van der Waals surface area contributed by atoms with Crippen LogP contribution in [0, 0.1) is 13.8 Å². The van der Waals surface area contributed by atoms with Crippen molar-refractivity contribution in [3.8, 4) is 0 Å². The molecule has 2 aromatic rings. The number of nitrogens with zero attached hydrogens (tertiary/aromatic N) is 2. The van der Waals surface area contributed by atoms with E-state index in [0.29, 0.717) is 23.4 Å². The maximum Gasteiger partial charge on any atom is 0.276 e. The first-order chi connectivity index (χ1) is 12.9. The van der Waals surface area contributed by atoms with Gasteiger partial charge in [0.2, 0.25) is 0 Å². The normalized spacial score (nSPS) is 12.9. The number of hydrazone groups is 1. The molecule has 7 heteroatoms. The predicted octanol–water partition coefficient (Wildman–Crippen LogP) is 4.01. The van der Waals surface area contributed by atoms with E-state index in [1.807, 2.05) is 45.0 Å². The van der Waals surface area contributed by atoms with Crippen LogP contribution in [0.15, 0.2) is 63.7 Å². The molecule has 0 atom stereocenters. The van der Waals surface area contributed by atoms with Crippen molar-refractivity contribution < 1.29 is 13.6 Å². The van der Waals surface area contributed by atoms with Gasteiger partial charge in [-0.2, -0.15) is 18.4 Å². The van der Waals surface area contributed by atoms with Gasteiger partial charge >= 0.3 is 0 Å². The average molecular weight is 388 g/mol. The molecule has 0 spiro atoms. The number of benzene rings is 2. The van der Waals surface area contributed by atoms with E-state index >= 15 is 0 Å². The molecule has 0 bridgehead atoms. The van der Waals surface area contributed by atoms with Crippen molar-refractivity contribution >= 4 is 21.4 Å². The van der Waals surface area contributed by atoms with E-state index in [1.54, 1.807) is 12.1 Å². The van der Waals surface area contributed by atoms with Gasteiger partial charge in [-0.05, 0) is 38.8 Å². The number of rotatable bonds is 8. The molecular formula is C20H25N3O3S. The van der Waals surface area contributed by atoms with E-state index in [4.69, 9.17) is 0 Å². The van der Waals surface area contributed by atoms with Crippen molar-refractivity contribution in [3.05, 3.63) is 65.2 Å². The fourth-order valence-corrected chi connectivity index (χ4v) is 3.25. The largest absolute Gasteiger partial charge is 0.411 e. The monoisotopic (exact) mass is 387 g/mol. The minimum absolute atomic E-state index is 0.121. The van der Waals surface area contributed by atoms with Gasteiger partial charge in [-0.15, -0.1) is 0 Å². The van der Waals surface area contributed by atoms with Crippen molar-refractivity contribution in [2.75, 3.05) is 0 Å². The molecule has 0 saturated carbocycles. The molecule has 144 valence electrons. The number of sulfonamides is 1. The number of aryl methyl sites for hydroxylation is 2. The molecule has 0 aliphatic heterocycles. The number of unbranched alkanes of at least 4 members (excludes halogenated alkanes) is 1. The van der Waals surface area contributed by atoms with Gasteiger partial charge in [0, 0.05) is 5.56 Å². The third kappa shape index (κ3) is 5.65. The summed E-state index contributed by atoms with van der Waals surface area (Å²) in [5.74, 6) is 0. The van der Waals surface area contributed by atoms with Gasteiger partial charge in [0.15, 0.2) is 0 Å². The van der Waals surface area contributed by atoms with Crippen molar-refractivity contribution in [3.63, 3.8) is 0 Å². The highest BCUT2D eigenvalue weighted by Gasteiger charge is 2.17. The molecule has 0 aliphatic rings. The van der Waals surface area contributed by atoms with Crippen LogP contribution < -0.4 is 4.83 Å². The van der Waals surface area contributed by atoms with Crippen molar-refractivity contribution in [1.82, 2.24) is 4.83 Å². The van der Waals surface area contributed by atoms with E-state index in [9.17, 15) is 13.6 Å². The molecule has 0 fully saturated rings. The van der Waals surface area contributed by atoms with Crippen LogP contribution in [0.4, 0.5) is 0 Å². The lowest BCUT2D eigenvalue weighted by molar-refractivity contribution is 0.318. The van der Waals surface area contributed by atoms with Gasteiger partial charge in [0.1, 0.15) is 11.4 Å². The first-order valence-electron chi connectivity index (χ1n) is 8.82. The molecular weight excluding hydrogens is 362 g/mol. The van der Waals surface area contributed by atoms with Gasteiger partial charge < -0.3 is 5.21 Å². The molecule has 2 N–H and O–H groups in total. The Morgan fingerprint density at radius 1 is 1.00 bits per heavy atom. The first kappa shape index (κ1) is 20.6. The molecule has 6 nitrogen and oxygen atoms in total. The molecule has 0 aromatic heterocycles. The molecule has 27 heavy (non-hydrogen) atoms. The summed E-state index contributed by atoms with van der Waals surface area (Å²) in [5.41, 5.74) is 3.35. The Morgan fingerprint density at radius 2 is 1.56 bits per heavy atom. The summed E-state index contributed by atoms with van der Waals surface area (Å²) in [6.45, 7) is 5.87. The summed E-state index contributed by atoms with van der Waals surface area (Å²) >= 11 is 0. The van der Waals surface area contributed by atoms with Crippen LogP contribution in [0.1, 0.15) is 42.9 Å². The lowest BCUT2D eigenvalue weighted by Gasteiger charge is -2.11. The van der Waals surface area contributed by atoms with E-state index in [-0.39, 0.29) is 4.90 Å². The lowest BCUT2D eigenvalue weighted by Crippen LogP contribution is -2.24. The number of nitrogens with one attached hydrogen (secondary N) is 1. The lowest BCUT2D eigenvalue weighted by atomic mass is 10.0. The summed E-state index contributed by atoms with van der Waals surface area (Å²) < 4.78 is 25.1. The molecule has 0 heterocycles. The van der Waals surface area contributed by atoms with Gasteiger partial charge in [-0.3, -0.25) is 0 Å². The maximum atomic E-state index is 12.5. The highest BCUT2D eigenvalue weighted by Crippen LogP contribution is 2.12. The number of oxime groups is 1. The minimum Gasteiger partial charge on any atom is -0.411 e. The number of hydrogen-bond donors (Lipinski definition) is 2.